The summed E-state index contributed by atoms with van der Waals surface area (Å²) in [6.45, 7) is 1.43. The molecule has 34 heavy (non-hydrogen) atoms. The SMILES string of the molecule is Cc1ccnc(NC(=O)CN(C)C(=O)C2CCN(S(=O)(=O)c3ccccc3C(F)(F)F)CC2)c1. The first kappa shape index (κ1) is 25.6. The summed E-state index contributed by atoms with van der Waals surface area (Å²) in [6, 6.07) is 7.51. The van der Waals surface area contributed by atoms with E-state index in [0.717, 1.165) is 28.1 Å². The number of alkyl halides is 3. The van der Waals surface area contributed by atoms with Crippen LogP contribution in [0.15, 0.2) is 47.5 Å². The van der Waals surface area contributed by atoms with E-state index in [1.54, 1.807) is 18.3 Å². The van der Waals surface area contributed by atoms with E-state index in [0.29, 0.717) is 5.82 Å². The van der Waals surface area contributed by atoms with Gasteiger partial charge in [0, 0.05) is 32.3 Å². The normalized spacial score (nSPS) is 15.7. The first-order valence-corrected chi connectivity index (χ1v) is 12.0. The molecule has 1 fully saturated rings. The molecule has 0 aliphatic carbocycles. The number of benzene rings is 1. The minimum Gasteiger partial charge on any atom is -0.336 e. The van der Waals surface area contributed by atoms with Crippen LogP contribution in [0, 0.1) is 12.8 Å². The van der Waals surface area contributed by atoms with Crippen molar-refractivity contribution in [2.75, 3.05) is 32.0 Å². The molecule has 1 aromatic heterocycles. The van der Waals surface area contributed by atoms with Crippen LogP contribution < -0.4 is 5.32 Å². The van der Waals surface area contributed by atoms with Crippen LogP contribution in [0.4, 0.5) is 19.0 Å². The summed E-state index contributed by atoms with van der Waals surface area (Å²) >= 11 is 0. The van der Waals surface area contributed by atoms with Crippen molar-refractivity contribution in [3.63, 3.8) is 0 Å². The van der Waals surface area contributed by atoms with Crippen molar-refractivity contribution in [1.29, 1.82) is 0 Å². The average molecular weight is 499 g/mol. The number of carbonyl (C=O) groups excluding carboxylic acids is 2. The summed E-state index contributed by atoms with van der Waals surface area (Å²) in [5.41, 5.74) is -0.309. The van der Waals surface area contributed by atoms with Gasteiger partial charge in [-0.2, -0.15) is 17.5 Å². The summed E-state index contributed by atoms with van der Waals surface area (Å²) in [7, 11) is -2.92. The fraction of sp³-hybridized carbons (Fsp3) is 0.409. The zero-order valence-corrected chi connectivity index (χ0v) is 19.5. The quantitative estimate of drug-likeness (QED) is 0.660. The molecule has 1 aliphatic rings. The summed E-state index contributed by atoms with van der Waals surface area (Å²) in [6.07, 6.45) is -2.99. The van der Waals surface area contributed by atoms with Crippen molar-refractivity contribution in [2.24, 2.45) is 5.92 Å². The lowest BCUT2D eigenvalue weighted by Crippen LogP contribution is -2.45. The monoisotopic (exact) mass is 498 g/mol. The second-order valence-corrected chi connectivity index (χ2v) is 10.0. The van der Waals surface area contributed by atoms with Gasteiger partial charge in [-0.05, 0) is 49.6 Å². The van der Waals surface area contributed by atoms with Crippen LogP contribution in [-0.4, -0.2) is 61.1 Å². The molecule has 12 heteroatoms. The Balaban J connectivity index is 1.60. The number of aromatic nitrogens is 1. The first-order valence-electron chi connectivity index (χ1n) is 10.5. The zero-order chi connectivity index (χ0) is 25.1. The van der Waals surface area contributed by atoms with Gasteiger partial charge in [-0.25, -0.2) is 13.4 Å². The first-order chi connectivity index (χ1) is 15.9. The molecule has 3 rings (SSSR count). The molecule has 8 nitrogen and oxygen atoms in total. The van der Waals surface area contributed by atoms with Crippen molar-refractivity contribution < 1.29 is 31.2 Å². The second-order valence-electron chi connectivity index (χ2n) is 8.13. The maximum atomic E-state index is 13.3. The number of hydrogen-bond acceptors (Lipinski definition) is 5. The number of nitrogens with one attached hydrogen (secondary N) is 1. The lowest BCUT2D eigenvalue weighted by atomic mass is 9.96. The van der Waals surface area contributed by atoms with Gasteiger partial charge in [0.05, 0.1) is 17.0 Å². The fourth-order valence-electron chi connectivity index (χ4n) is 3.80. The Bertz CT molecular complexity index is 1160. The molecule has 1 saturated heterocycles. The molecule has 2 amide bonds. The molecule has 1 N–H and O–H groups in total. The van der Waals surface area contributed by atoms with Crippen molar-refractivity contribution in [1.82, 2.24) is 14.2 Å². The predicted molar refractivity (Wildman–Crippen MR) is 118 cm³/mol. The topological polar surface area (TPSA) is 99.7 Å². The van der Waals surface area contributed by atoms with E-state index < -0.39 is 38.5 Å². The molecule has 0 bridgehead atoms. The third-order valence-corrected chi connectivity index (χ3v) is 7.51. The maximum Gasteiger partial charge on any atom is 0.417 e. The van der Waals surface area contributed by atoms with E-state index in [1.807, 2.05) is 6.92 Å². The standard InChI is InChI=1S/C22H25F3N4O4S/c1-15-7-10-26-19(13-15)27-20(30)14-28(2)21(31)16-8-11-29(12-9-16)34(32,33)18-6-4-3-5-17(18)22(23,24)25/h3-7,10,13,16H,8-9,11-12,14H2,1-2H3,(H,26,27,30). The highest BCUT2D eigenvalue weighted by Gasteiger charge is 2.40. The lowest BCUT2D eigenvalue weighted by molar-refractivity contribution is -0.140. The van der Waals surface area contributed by atoms with Crippen LogP contribution in [0.5, 0.6) is 0 Å². The minimum absolute atomic E-state index is 0.0990. The number of amides is 2. The maximum absolute atomic E-state index is 13.3. The number of anilines is 1. The Kier molecular flexibility index (Phi) is 7.61. The molecular weight excluding hydrogens is 473 g/mol. The molecule has 0 atom stereocenters. The molecule has 0 radical (unpaired) electrons. The molecule has 2 heterocycles. The molecule has 0 saturated carbocycles. The number of pyridine rings is 1. The summed E-state index contributed by atoms with van der Waals surface area (Å²) < 4.78 is 66.6. The number of halogens is 3. The number of aryl methyl sites for hydroxylation is 1. The van der Waals surface area contributed by atoms with E-state index in [1.165, 1.54) is 18.0 Å². The summed E-state index contributed by atoms with van der Waals surface area (Å²) in [5.74, 6) is -0.944. The number of carbonyl (C=O) groups is 2. The highest BCUT2D eigenvalue weighted by Crippen LogP contribution is 2.36. The van der Waals surface area contributed by atoms with Crippen LogP contribution in [0.25, 0.3) is 0 Å². The number of piperidine rings is 1. The number of likely N-dealkylation sites (N-methyl/N-ethyl adjacent to an activating group) is 1. The van der Waals surface area contributed by atoms with Crippen molar-refractivity contribution in [3.8, 4) is 0 Å². The van der Waals surface area contributed by atoms with Gasteiger partial charge in [-0.3, -0.25) is 9.59 Å². The second kappa shape index (κ2) is 10.1. The zero-order valence-electron chi connectivity index (χ0n) is 18.7. The van der Waals surface area contributed by atoms with Crippen molar-refractivity contribution in [2.45, 2.75) is 30.8 Å². The van der Waals surface area contributed by atoms with E-state index in [-0.39, 0.29) is 38.4 Å². The minimum atomic E-state index is -4.81. The van der Waals surface area contributed by atoms with Gasteiger partial charge in [0.25, 0.3) is 0 Å². The predicted octanol–water partition coefficient (Wildman–Crippen LogP) is 2.91. The molecule has 0 unspecified atom stereocenters. The van der Waals surface area contributed by atoms with Gasteiger partial charge in [0.1, 0.15) is 5.82 Å². The van der Waals surface area contributed by atoms with Crippen molar-refractivity contribution in [3.05, 3.63) is 53.7 Å². The molecule has 2 aromatic rings. The van der Waals surface area contributed by atoms with Crippen LogP contribution in [0.2, 0.25) is 0 Å². The van der Waals surface area contributed by atoms with Gasteiger partial charge >= 0.3 is 6.18 Å². The van der Waals surface area contributed by atoms with E-state index >= 15 is 0 Å². The largest absolute Gasteiger partial charge is 0.417 e. The number of hydrogen-bond donors (Lipinski definition) is 1. The Morgan fingerprint density at radius 1 is 1.18 bits per heavy atom. The highest BCUT2D eigenvalue weighted by atomic mass is 32.2. The van der Waals surface area contributed by atoms with Crippen LogP contribution in [0.3, 0.4) is 0 Å². The Labute approximate surface area is 195 Å². The smallest absolute Gasteiger partial charge is 0.336 e. The summed E-state index contributed by atoms with van der Waals surface area (Å²) in [4.78, 5) is 29.5. The van der Waals surface area contributed by atoms with Crippen LogP contribution in [-0.2, 0) is 25.8 Å². The third-order valence-electron chi connectivity index (χ3n) is 5.55. The van der Waals surface area contributed by atoms with E-state index in [9.17, 15) is 31.2 Å². The molecule has 0 spiro atoms. The molecule has 184 valence electrons. The van der Waals surface area contributed by atoms with Gasteiger partial charge in [0.2, 0.25) is 21.8 Å². The third kappa shape index (κ3) is 5.92. The Morgan fingerprint density at radius 2 is 1.82 bits per heavy atom. The van der Waals surface area contributed by atoms with E-state index in [4.69, 9.17) is 0 Å². The van der Waals surface area contributed by atoms with Gasteiger partial charge in [-0.1, -0.05) is 12.1 Å². The average Bonchev–Trinajstić information content (AvgIpc) is 2.78. The molecule has 1 aromatic carbocycles. The molecular formula is C22H25F3N4O4S. The van der Waals surface area contributed by atoms with Gasteiger partial charge in [-0.15, -0.1) is 0 Å². The number of sulfonamides is 1. The number of nitrogens with zero attached hydrogens (tertiary/aromatic N) is 3. The van der Waals surface area contributed by atoms with Crippen molar-refractivity contribution >= 4 is 27.7 Å². The Hall–Kier alpha value is -2.99. The number of rotatable bonds is 6. The highest BCUT2D eigenvalue weighted by molar-refractivity contribution is 7.89. The van der Waals surface area contributed by atoms with Crippen LogP contribution in [0.1, 0.15) is 24.0 Å². The summed E-state index contributed by atoms with van der Waals surface area (Å²) in [5, 5.41) is 2.61. The van der Waals surface area contributed by atoms with E-state index in [2.05, 4.69) is 10.3 Å². The Morgan fingerprint density at radius 3 is 2.44 bits per heavy atom. The van der Waals surface area contributed by atoms with Crippen LogP contribution >= 0.6 is 0 Å². The lowest BCUT2D eigenvalue weighted by Gasteiger charge is -2.32. The molecule has 1 aliphatic heterocycles. The van der Waals surface area contributed by atoms with Gasteiger partial charge < -0.3 is 10.2 Å². The fourth-order valence-corrected chi connectivity index (χ4v) is 5.48. The van der Waals surface area contributed by atoms with Gasteiger partial charge in [0.15, 0.2) is 0 Å².